The SMILES string of the molecule is CC(=O)c1cc(CN2CCC(N3CCN(C)CC3)C(CCC(=O)O)C2)n(C)c1. The van der Waals surface area contributed by atoms with E-state index in [0.29, 0.717) is 12.0 Å². The summed E-state index contributed by atoms with van der Waals surface area (Å²) < 4.78 is 2.04. The third-order valence-electron chi connectivity index (χ3n) is 6.41. The zero-order valence-corrected chi connectivity index (χ0v) is 17.4. The summed E-state index contributed by atoms with van der Waals surface area (Å²) in [5.41, 5.74) is 1.90. The largest absolute Gasteiger partial charge is 0.481 e. The van der Waals surface area contributed by atoms with Gasteiger partial charge in [0.25, 0.3) is 0 Å². The van der Waals surface area contributed by atoms with Gasteiger partial charge in [-0.2, -0.15) is 0 Å². The van der Waals surface area contributed by atoms with E-state index in [4.69, 9.17) is 0 Å². The van der Waals surface area contributed by atoms with Crippen LogP contribution in [0.5, 0.6) is 0 Å². The number of ketones is 1. The minimum absolute atomic E-state index is 0.0926. The minimum Gasteiger partial charge on any atom is -0.481 e. The molecule has 2 aliphatic heterocycles. The van der Waals surface area contributed by atoms with Crippen LogP contribution in [0.2, 0.25) is 0 Å². The van der Waals surface area contributed by atoms with Crippen LogP contribution in [0, 0.1) is 5.92 Å². The van der Waals surface area contributed by atoms with Gasteiger partial charge in [0.2, 0.25) is 0 Å². The molecule has 3 heterocycles. The van der Waals surface area contributed by atoms with Crippen LogP contribution >= 0.6 is 0 Å². The number of carbonyl (C=O) groups is 2. The number of aryl methyl sites for hydroxylation is 1. The van der Waals surface area contributed by atoms with Crippen molar-refractivity contribution in [2.24, 2.45) is 13.0 Å². The summed E-state index contributed by atoms with van der Waals surface area (Å²) in [6.45, 7) is 8.67. The molecule has 0 aliphatic carbocycles. The molecule has 156 valence electrons. The second kappa shape index (κ2) is 9.20. The quantitative estimate of drug-likeness (QED) is 0.712. The van der Waals surface area contributed by atoms with E-state index < -0.39 is 5.97 Å². The molecule has 2 aliphatic rings. The Morgan fingerprint density at radius 1 is 1.14 bits per heavy atom. The first kappa shape index (κ1) is 21.0. The molecule has 28 heavy (non-hydrogen) atoms. The lowest BCUT2D eigenvalue weighted by Crippen LogP contribution is -2.56. The van der Waals surface area contributed by atoms with Crippen LogP contribution < -0.4 is 0 Å². The Hall–Kier alpha value is -1.70. The monoisotopic (exact) mass is 390 g/mol. The molecule has 7 nitrogen and oxygen atoms in total. The van der Waals surface area contributed by atoms with Gasteiger partial charge in [0.15, 0.2) is 5.78 Å². The van der Waals surface area contributed by atoms with E-state index in [0.717, 1.165) is 69.9 Å². The van der Waals surface area contributed by atoms with Gasteiger partial charge in [0.05, 0.1) is 0 Å². The average Bonchev–Trinajstić information content (AvgIpc) is 3.02. The van der Waals surface area contributed by atoms with Crippen LogP contribution in [0.1, 0.15) is 42.2 Å². The van der Waals surface area contributed by atoms with Gasteiger partial charge in [0, 0.05) is 82.8 Å². The number of nitrogens with zero attached hydrogens (tertiary/aromatic N) is 4. The van der Waals surface area contributed by atoms with E-state index in [2.05, 4.69) is 21.7 Å². The first-order valence-electron chi connectivity index (χ1n) is 10.4. The highest BCUT2D eigenvalue weighted by atomic mass is 16.4. The summed E-state index contributed by atoms with van der Waals surface area (Å²) in [5, 5.41) is 9.20. The summed E-state index contributed by atoms with van der Waals surface area (Å²) in [6, 6.07) is 2.46. The number of piperazine rings is 1. The van der Waals surface area contributed by atoms with Crippen molar-refractivity contribution >= 4 is 11.8 Å². The summed E-state index contributed by atoms with van der Waals surface area (Å²) in [5.74, 6) is -0.237. The number of carbonyl (C=O) groups excluding carboxylic acids is 1. The molecular weight excluding hydrogens is 356 g/mol. The molecule has 3 rings (SSSR count). The van der Waals surface area contributed by atoms with Crippen LogP contribution in [0.4, 0.5) is 0 Å². The predicted octanol–water partition coefficient (Wildman–Crippen LogP) is 1.53. The first-order chi connectivity index (χ1) is 13.3. The Morgan fingerprint density at radius 3 is 2.46 bits per heavy atom. The van der Waals surface area contributed by atoms with Gasteiger partial charge in [-0.25, -0.2) is 0 Å². The van der Waals surface area contributed by atoms with Crippen LogP contribution in [0.25, 0.3) is 0 Å². The number of rotatable bonds is 7. The van der Waals surface area contributed by atoms with Gasteiger partial charge in [-0.05, 0) is 38.8 Å². The van der Waals surface area contributed by atoms with E-state index >= 15 is 0 Å². The van der Waals surface area contributed by atoms with Crippen molar-refractivity contribution in [2.45, 2.75) is 38.8 Å². The molecule has 1 aromatic rings. The number of hydrogen-bond acceptors (Lipinski definition) is 5. The van der Waals surface area contributed by atoms with Crippen molar-refractivity contribution in [1.29, 1.82) is 0 Å². The van der Waals surface area contributed by atoms with Gasteiger partial charge in [0.1, 0.15) is 0 Å². The van der Waals surface area contributed by atoms with Crippen LogP contribution in [-0.4, -0.2) is 88.5 Å². The number of likely N-dealkylation sites (tertiary alicyclic amines) is 1. The van der Waals surface area contributed by atoms with Gasteiger partial charge < -0.3 is 14.6 Å². The number of piperidine rings is 1. The Balaban J connectivity index is 1.66. The van der Waals surface area contributed by atoms with E-state index in [1.807, 2.05) is 23.9 Å². The Bertz CT molecular complexity index is 694. The van der Waals surface area contributed by atoms with Crippen LogP contribution in [-0.2, 0) is 18.4 Å². The second-order valence-electron chi connectivity index (χ2n) is 8.51. The van der Waals surface area contributed by atoms with Gasteiger partial charge in [-0.1, -0.05) is 0 Å². The molecule has 0 aromatic carbocycles. The van der Waals surface area contributed by atoms with Gasteiger partial charge in [-0.15, -0.1) is 0 Å². The minimum atomic E-state index is -0.706. The van der Waals surface area contributed by atoms with Crippen molar-refractivity contribution in [1.82, 2.24) is 19.3 Å². The number of carboxylic acids is 1. The second-order valence-corrected chi connectivity index (χ2v) is 8.51. The van der Waals surface area contributed by atoms with Gasteiger partial charge >= 0.3 is 5.97 Å². The number of aromatic nitrogens is 1. The predicted molar refractivity (Wildman–Crippen MR) is 109 cm³/mol. The molecule has 0 amide bonds. The Labute approximate surface area is 167 Å². The molecular formula is C21H34N4O3. The number of hydrogen-bond donors (Lipinski definition) is 1. The number of carboxylic acid groups (broad SMARTS) is 1. The Kier molecular flexibility index (Phi) is 6.91. The lowest BCUT2D eigenvalue weighted by Gasteiger charge is -2.46. The highest BCUT2D eigenvalue weighted by molar-refractivity contribution is 5.94. The smallest absolute Gasteiger partial charge is 0.303 e. The van der Waals surface area contributed by atoms with E-state index in [1.165, 1.54) is 0 Å². The third-order valence-corrected chi connectivity index (χ3v) is 6.41. The molecule has 0 radical (unpaired) electrons. The molecule has 0 spiro atoms. The molecule has 7 heteroatoms. The van der Waals surface area contributed by atoms with Crippen molar-refractivity contribution in [3.05, 3.63) is 23.5 Å². The standard InChI is InChI=1S/C21H34N4O3/c1-16(26)18-12-19(23(3)13-18)15-24-7-6-20(17(14-24)4-5-21(27)28)25-10-8-22(2)9-11-25/h12-13,17,20H,4-11,14-15H2,1-3H3,(H,27,28). The van der Waals surface area contributed by atoms with Crippen LogP contribution in [0.15, 0.2) is 12.3 Å². The van der Waals surface area contributed by atoms with Crippen molar-refractivity contribution < 1.29 is 14.7 Å². The van der Waals surface area contributed by atoms with E-state index in [9.17, 15) is 14.7 Å². The van der Waals surface area contributed by atoms with Crippen molar-refractivity contribution in [3.8, 4) is 0 Å². The fourth-order valence-electron chi connectivity index (χ4n) is 4.65. The zero-order chi connectivity index (χ0) is 20.3. The maximum Gasteiger partial charge on any atom is 0.303 e. The highest BCUT2D eigenvalue weighted by Gasteiger charge is 2.34. The van der Waals surface area contributed by atoms with Gasteiger partial charge in [-0.3, -0.25) is 19.4 Å². The third kappa shape index (κ3) is 5.21. The Morgan fingerprint density at radius 2 is 1.86 bits per heavy atom. The van der Waals surface area contributed by atoms with Crippen molar-refractivity contribution in [3.63, 3.8) is 0 Å². The molecule has 2 unspecified atom stereocenters. The lowest BCUT2D eigenvalue weighted by molar-refractivity contribution is -0.137. The number of aliphatic carboxylic acids is 1. The van der Waals surface area contributed by atoms with Crippen molar-refractivity contribution in [2.75, 3.05) is 46.3 Å². The highest BCUT2D eigenvalue weighted by Crippen LogP contribution is 2.28. The van der Waals surface area contributed by atoms with E-state index in [1.54, 1.807) is 6.92 Å². The molecule has 0 bridgehead atoms. The number of Topliss-reactive ketones (excluding diaryl/α,β-unsaturated/α-hetero) is 1. The maximum atomic E-state index is 11.7. The first-order valence-corrected chi connectivity index (χ1v) is 10.4. The van der Waals surface area contributed by atoms with E-state index in [-0.39, 0.29) is 12.2 Å². The normalized spacial score (nSPS) is 25.1. The fraction of sp³-hybridized carbons (Fsp3) is 0.714. The molecule has 1 N–H and O–H groups in total. The lowest BCUT2D eigenvalue weighted by atomic mass is 9.86. The summed E-state index contributed by atoms with van der Waals surface area (Å²) in [6.07, 6.45) is 3.95. The molecule has 2 fully saturated rings. The topological polar surface area (TPSA) is 69.0 Å². The molecule has 1 aromatic heterocycles. The summed E-state index contributed by atoms with van der Waals surface area (Å²) in [4.78, 5) is 30.2. The maximum absolute atomic E-state index is 11.7. The van der Waals surface area contributed by atoms with Crippen LogP contribution in [0.3, 0.4) is 0 Å². The zero-order valence-electron chi connectivity index (χ0n) is 17.4. The molecule has 2 saturated heterocycles. The average molecular weight is 391 g/mol. The summed E-state index contributed by atoms with van der Waals surface area (Å²) >= 11 is 0. The summed E-state index contributed by atoms with van der Waals surface area (Å²) in [7, 11) is 4.15. The number of likely N-dealkylation sites (N-methyl/N-ethyl adjacent to an activating group) is 1. The molecule has 0 saturated carbocycles. The fourth-order valence-corrected chi connectivity index (χ4v) is 4.65. The molecule has 2 atom stereocenters.